The Morgan fingerprint density at radius 3 is 2.60 bits per heavy atom. The molecule has 20 heavy (non-hydrogen) atoms. The summed E-state index contributed by atoms with van der Waals surface area (Å²) in [6, 6.07) is 7.59. The second-order valence-corrected chi connectivity index (χ2v) is 5.04. The van der Waals surface area contributed by atoms with Crippen LogP contribution >= 0.6 is 11.6 Å². The number of hydrogen-bond acceptors (Lipinski definition) is 4. The molecule has 0 N–H and O–H groups in total. The lowest BCUT2D eigenvalue weighted by Crippen LogP contribution is -1.87. The van der Waals surface area contributed by atoms with E-state index in [1.54, 1.807) is 4.68 Å². The summed E-state index contributed by atoms with van der Waals surface area (Å²) in [5.74, 6) is 1.07. The summed E-state index contributed by atoms with van der Waals surface area (Å²) in [5, 5.41) is 13.1. The van der Waals surface area contributed by atoms with Crippen molar-refractivity contribution in [2.24, 2.45) is 7.05 Å². The van der Waals surface area contributed by atoms with Crippen LogP contribution in [0, 0.1) is 6.92 Å². The summed E-state index contributed by atoms with van der Waals surface area (Å²) in [4.78, 5) is 0. The average Bonchev–Trinajstić information content (AvgIpc) is 2.99. The number of halogens is 1. The third-order valence-corrected chi connectivity index (χ3v) is 3.23. The summed E-state index contributed by atoms with van der Waals surface area (Å²) in [6.45, 7) is 1.92. The SMILES string of the molecule is Cc1nn(C)cc1-c1nnc(Cc2ccc(Cl)cc2)o1. The Labute approximate surface area is 121 Å². The van der Waals surface area contributed by atoms with E-state index in [0.29, 0.717) is 23.2 Å². The van der Waals surface area contributed by atoms with Crippen molar-refractivity contribution in [2.75, 3.05) is 0 Å². The molecule has 1 aromatic carbocycles. The molecular formula is C14H13ClN4O. The van der Waals surface area contributed by atoms with Gasteiger partial charge in [0.25, 0.3) is 5.89 Å². The van der Waals surface area contributed by atoms with Crippen LogP contribution in [-0.2, 0) is 13.5 Å². The van der Waals surface area contributed by atoms with Gasteiger partial charge in [-0.2, -0.15) is 5.10 Å². The summed E-state index contributed by atoms with van der Waals surface area (Å²) < 4.78 is 7.42. The van der Waals surface area contributed by atoms with E-state index in [9.17, 15) is 0 Å². The first kappa shape index (κ1) is 12.9. The minimum absolute atomic E-state index is 0.500. The van der Waals surface area contributed by atoms with Gasteiger partial charge in [0.2, 0.25) is 5.89 Å². The van der Waals surface area contributed by atoms with E-state index in [-0.39, 0.29) is 0 Å². The van der Waals surface area contributed by atoms with Crippen LogP contribution in [0.5, 0.6) is 0 Å². The van der Waals surface area contributed by atoms with Crippen molar-refractivity contribution in [1.82, 2.24) is 20.0 Å². The zero-order valence-corrected chi connectivity index (χ0v) is 11.9. The van der Waals surface area contributed by atoms with Crippen molar-refractivity contribution in [3.8, 4) is 11.5 Å². The van der Waals surface area contributed by atoms with Gasteiger partial charge in [0.1, 0.15) is 0 Å². The maximum absolute atomic E-state index is 5.86. The largest absolute Gasteiger partial charge is 0.420 e. The Balaban J connectivity index is 1.83. The number of aryl methyl sites for hydroxylation is 2. The molecule has 0 amide bonds. The molecule has 0 unspecified atom stereocenters. The predicted octanol–water partition coefficient (Wildman–Crippen LogP) is 3.02. The number of hydrogen-bond donors (Lipinski definition) is 0. The molecule has 0 aliphatic carbocycles. The van der Waals surface area contributed by atoms with Crippen LogP contribution in [0.2, 0.25) is 5.02 Å². The van der Waals surface area contributed by atoms with Crippen molar-refractivity contribution >= 4 is 11.6 Å². The molecule has 0 atom stereocenters. The van der Waals surface area contributed by atoms with E-state index in [0.717, 1.165) is 16.8 Å². The van der Waals surface area contributed by atoms with Gasteiger partial charge in [-0.3, -0.25) is 4.68 Å². The monoisotopic (exact) mass is 288 g/mol. The second kappa shape index (κ2) is 5.09. The molecule has 2 heterocycles. The first-order chi connectivity index (χ1) is 9.61. The minimum atomic E-state index is 0.500. The molecule has 6 heteroatoms. The van der Waals surface area contributed by atoms with Crippen molar-refractivity contribution in [1.29, 1.82) is 0 Å². The Morgan fingerprint density at radius 1 is 1.20 bits per heavy atom. The predicted molar refractivity (Wildman–Crippen MR) is 75.5 cm³/mol. The third-order valence-electron chi connectivity index (χ3n) is 2.98. The van der Waals surface area contributed by atoms with Crippen molar-refractivity contribution in [2.45, 2.75) is 13.3 Å². The fraction of sp³-hybridized carbons (Fsp3) is 0.214. The minimum Gasteiger partial charge on any atom is -0.420 e. The molecule has 0 saturated carbocycles. The van der Waals surface area contributed by atoms with Gasteiger partial charge in [0.15, 0.2) is 0 Å². The molecule has 0 saturated heterocycles. The molecule has 0 radical (unpaired) electrons. The number of aromatic nitrogens is 4. The Kier molecular flexibility index (Phi) is 3.28. The van der Waals surface area contributed by atoms with Crippen LogP contribution in [-0.4, -0.2) is 20.0 Å². The van der Waals surface area contributed by atoms with E-state index in [4.69, 9.17) is 16.0 Å². The van der Waals surface area contributed by atoms with Crippen LogP contribution in [0.15, 0.2) is 34.9 Å². The highest BCUT2D eigenvalue weighted by atomic mass is 35.5. The highest BCUT2D eigenvalue weighted by Crippen LogP contribution is 2.21. The molecule has 0 bridgehead atoms. The lowest BCUT2D eigenvalue weighted by Gasteiger charge is -1.96. The van der Waals surface area contributed by atoms with Gasteiger partial charge >= 0.3 is 0 Å². The third kappa shape index (κ3) is 2.58. The van der Waals surface area contributed by atoms with Gasteiger partial charge in [-0.25, -0.2) is 0 Å². The fourth-order valence-corrected chi connectivity index (χ4v) is 2.15. The molecule has 5 nitrogen and oxygen atoms in total. The second-order valence-electron chi connectivity index (χ2n) is 4.61. The molecule has 3 aromatic rings. The van der Waals surface area contributed by atoms with Gasteiger partial charge < -0.3 is 4.42 Å². The number of nitrogens with zero attached hydrogens (tertiary/aromatic N) is 4. The molecule has 102 valence electrons. The summed E-state index contributed by atoms with van der Waals surface area (Å²) in [6.07, 6.45) is 2.46. The van der Waals surface area contributed by atoms with Crippen LogP contribution in [0.25, 0.3) is 11.5 Å². The first-order valence-corrected chi connectivity index (χ1v) is 6.57. The van der Waals surface area contributed by atoms with Crippen molar-refractivity contribution in [3.05, 3.63) is 52.6 Å². The molecule has 0 aliphatic heterocycles. The lowest BCUT2D eigenvalue weighted by atomic mass is 10.1. The summed E-state index contributed by atoms with van der Waals surface area (Å²) in [5.41, 5.74) is 2.81. The van der Waals surface area contributed by atoms with Crippen molar-refractivity contribution in [3.63, 3.8) is 0 Å². The maximum atomic E-state index is 5.86. The lowest BCUT2D eigenvalue weighted by molar-refractivity contribution is 0.518. The van der Waals surface area contributed by atoms with E-state index in [2.05, 4.69) is 15.3 Å². The molecule has 0 aliphatic rings. The standard InChI is InChI=1S/C14H13ClN4O/c1-9-12(8-19(2)18-9)14-17-16-13(20-14)7-10-3-5-11(15)6-4-10/h3-6,8H,7H2,1-2H3. The van der Waals surface area contributed by atoms with E-state index in [1.807, 2.05) is 44.4 Å². The van der Waals surface area contributed by atoms with Gasteiger partial charge in [-0.1, -0.05) is 23.7 Å². The first-order valence-electron chi connectivity index (χ1n) is 6.19. The summed E-state index contributed by atoms with van der Waals surface area (Å²) in [7, 11) is 1.86. The topological polar surface area (TPSA) is 56.7 Å². The molecule has 2 aromatic heterocycles. The van der Waals surface area contributed by atoms with Crippen molar-refractivity contribution < 1.29 is 4.42 Å². The van der Waals surface area contributed by atoms with E-state index in [1.165, 1.54) is 0 Å². The normalized spacial score (nSPS) is 10.9. The van der Waals surface area contributed by atoms with Gasteiger partial charge in [-0.05, 0) is 24.6 Å². The van der Waals surface area contributed by atoms with Crippen LogP contribution in [0.4, 0.5) is 0 Å². The van der Waals surface area contributed by atoms with E-state index < -0.39 is 0 Å². The smallest absolute Gasteiger partial charge is 0.251 e. The number of rotatable bonds is 3. The van der Waals surface area contributed by atoms with Crippen LogP contribution < -0.4 is 0 Å². The van der Waals surface area contributed by atoms with Gasteiger partial charge in [-0.15, -0.1) is 10.2 Å². The Bertz CT molecular complexity index is 730. The average molecular weight is 289 g/mol. The quantitative estimate of drug-likeness (QED) is 0.743. The van der Waals surface area contributed by atoms with Gasteiger partial charge in [0.05, 0.1) is 17.7 Å². The van der Waals surface area contributed by atoms with Crippen LogP contribution in [0.3, 0.4) is 0 Å². The zero-order valence-electron chi connectivity index (χ0n) is 11.2. The maximum Gasteiger partial charge on any atom is 0.251 e. The molecule has 0 fully saturated rings. The van der Waals surface area contributed by atoms with Gasteiger partial charge in [0, 0.05) is 18.3 Å². The highest BCUT2D eigenvalue weighted by molar-refractivity contribution is 6.30. The molecule has 3 rings (SSSR count). The highest BCUT2D eigenvalue weighted by Gasteiger charge is 2.13. The fourth-order valence-electron chi connectivity index (χ4n) is 2.02. The zero-order chi connectivity index (χ0) is 14.1. The Morgan fingerprint density at radius 2 is 1.95 bits per heavy atom. The molecular weight excluding hydrogens is 276 g/mol. The number of benzene rings is 1. The van der Waals surface area contributed by atoms with Crippen LogP contribution in [0.1, 0.15) is 17.1 Å². The Hall–Kier alpha value is -2.14. The van der Waals surface area contributed by atoms with E-state index >= 15 is 0 Å². The summed E-state index contributed by atoms with van der Waals surface area (Å²) >= 11 is 5.86. The molecule has 0 spiro atoms.